The molecule has 332 valence electrons. The Morgan fingerprint density at radius 3 is 2.63 bits per heavy atom. The fourth-order valence-electron chi connectivity index (χ4n) is 9.66. The number of thiazole rings is 1. The topological polar surface area (TPSA) is 154 Å². The second-order valence-corrected chi connectivity index (χ2v) is 19.4. The number of fused-ring (bicyclic) bond motifs is 6. The van der Waals surface area contributed by atoms with Crippen LogP contribution in [-0.2, 0) is 43.2 Å². The molecule has 0 spiro atoms. The van der Waals surface area contributed by atoms with Crippen LogP contribution in [0, 0.1) is 11.3 Å². The molecule has 0 aliphatic carbocycles. The lowest BCUT2D eigenvalue weighted by Crippen LogP contribution is -2.62. The van der Waals surface area contributed by atoms with Crippen LogP contribution >= 0.6 is 11.3 Å². The Morgan fingerprint density at radius 2 is 1.90 bits per heavy atom. The summed E-state index contributed by atoms with van der Waals surface area (Å²) in [5, 5.41) is 8.28. The Kier molecular flexibility index (Phi) is 12.5. The predicted molar refractivity (Wildman–Crippen MR) is 238 cm³/mol. The van der Waals surface area contributed by atoms with Gasteiger partial charge in [0, 0.05) is 91.8 Å². The lowest BCUT2D eigenvalue weighted by Gasteiger charge is -2.42. The molecule has 4 aliphatic heterocycles. The maximum absolute atomic E-state index is 14.6. The number of hydrogen-bond donors (Lipinski definition) is 2. The van der Waals surface area contributed by atoms with Crippen LogP contribution in [0.25, 0.3) is 33.4 Å². The maximum atomic E-state index is 14.6. The van der Waals surface area contributed by atoms with Crippen molar-refractivity contribution in [1.29, 1.82) is 0 Å². The quantitative estimate of drug-likeness (QED) is 0.213. The standard InChI is InChI=1S/C46H61N9O6S/c1-9-52-37-15-14-29-20-32(37)33(41(52)31-12-10-16-47-39(31)28(4)60-8)22-46(5,6)26-61-44(58)34-13-11-17-55(50-34)43(57)35(21-38-48-36(29)25-62-38)49-42(56)40(27(2)3)54-19-18-53(45(54)59)30-23-51(7)24-30/h10,12,14-16,20,25,27-28,30,34-35,40,50H,9,11,13,17-19,21-24,26H2,1-8H3,(H,49,56)/t28-,34-,35-,40?/m0/s1. The Hall–Kier alpha value is -4.90. The Bertz CT molecular complexity index is 2340. The van der Waals surface area contributed by atoms with Crippen LogP contribution < -0.4 is 10.7 Å². The van der Waals surface area contributed by atoms with Gasteiger partial charge in [0.1, 0.15) is 18.1 Å². The minimum atomic E-state index is -1.02. The number of carbonyl (C=O) groups is 4. The van der Waals surface area contributed by atoms with E-state index >= 15 is 0 Å². The highest BCUT2D eigenvalue weighted by Gasteiger charge is 2.45. The van der Waals surface area contributed by atoms with E-state index in [1.165, 1.54) is 16.3 Å². The van der Waals surface area contributed by atoms with E-state index in [0.29, 0.717) is 50.4 Å². The van der Waals surface area contributed by atoms with Crippen LogP contribution in [0.15, 0.2) is 41.9 Å². The van der Waals surface area contributed by atoms with Crippen molar-refractivity contribution in [2.24, 2.45) is 11.3 Å². The molecule has 62 heavy (non-hydrogen) atoms. The lowest BCUT2D eigenvalue weighted by molar-refractivity contribution is -0.155. The molecular formula is C46H61N9O6S. The largest absolute Gasteiger partial charge is 0.464 e. The molecule has 3 aromatic heterocycles. The van der Waals surface area contributed by atoms with Gasteiger partial charge in [0.15, 0.2) is 0 Å². The molecule has 6 bridgehead atoms. The zero-order chi connectivity index (χ0) is 44.0. The molecule has 4 aliphatic rings. The highest BCUT2D eigenvalue weighted by molar-refractivity contribution is 7.10. The van der Waals surface area contributed by atoms with E-state index in [9.17, 15) is 19.2 Å². The third-order valence-corrected chi connectivity index (χ3v) is 13.8. The first-order valence-electron chi connectivity index (χ1n) is 22.1. The summed E-state index contributed by atoms with van der Waals surface area (Å²) in [5.41, 5.74) is 9.44. The van der Waals surface area contributed by atoms with Crippen LogP contribution in [0.4, 0.5) is 4.79 Å². The third kappa shape index (κ3) is 8.46. The third-order valence-electron chi connectivity index (χ3n) is 12.9. The normalized spacial score (nSPS) is 22.5. The summed E-state index contributed by atoms with van der Waals surface area (Å²) >= 11 is 1.44. The summed E-state index contributed by atoms with van der Waals surface area (Å²) in [6.07, 6.45) is 3.34. The monoisotopic (exact) mass is 867 g/mol. The minimum Gasteiger partial charge on any atom is -0.464 e. The number of nitrogens with zero attached hydrogens (tertiary/aromatic N) is 7. The van der Waals surface area contributed by atoms with Crippen LogP contribution in [0.3, 0.4) is 0 Å². The van der Waals surface area contributed by atoms with E-state index in [1.807, 2.05) is 44.2 Å². The fraction of sp³-hybridized carbons (Fsp3) is 0.565. The molecule has 4 atom stereocenters. The molecule has 7 heterocycles. The van der Waals surface area contributed by atoms with Crippen molar-refractivity contribution in [3.63, 3.8) is 0 Å². The summed E-state index contributed by atoms with van der Waals surface area (Å²) in [4.78, 5) is 72.2. The second kappa shape index (κ2) is 17.7. The van der Waals surface area contributed by atoms with E-state index in [2.05, 4.69) is 65.2 Å². The number of cyclic esters (lactones) is 1. The summed E-state index contributed by atoms with van der Waals surface area (Å²) in [5.74, 6) is -1.41. The smallest absolute Gasteiger partial charge is 0.324 e. The molecule has 1 aromatic carbocycles. The van der Waals surface area contributed by atoms with E-state index in [0.717, 1.165) is 57.8 Å². The first-order valence-corrected chi connectivity index (χ1v) is 22.9. The van der Waals surface area contributed by atoms with Crippen molar-refractivity contribution in [3.05, 3.63) is 58.2 Å². The Labute approximate surface area is 368 Å². The van der Waals surface area contributed by atoms with Gasteiger partial charge in [-0.05, 0) is 75.9 Å². The molecule has 0 saturated carbocycles. The van der Waals surface area contributed by atoms with Crippen LogP contribution in [-0.4, -0.2) is 136 Å². The fourth-order valence-corrected chi connectivity index (χ4v) is 10.5. The van der Waals surface area contributed by atoms with Crippen molar-refractivity contribution in [3.8, 4) is 22.5 Å². The number of benzene rings is 1. The van der Waals surface area contributed by atoms with Crippen molar-refractivity contribution in [2.45, 2.75) is 104 Å². The molecule has 8 rings (SSSR count). The number of esters is 1. The maximum Gasteiger partial charge on any atom is 0.324 e. The van der Waals surface area contributed by atoms with Gasteiger partial charge in [-0.25, -0.2) is 15.2 Å². The molecule has 1 unspecified atom stereocenters. The number of hydrogen-bond acceptors (Lipinski definition) is 11. The van der Waals surface area contributed by atoms with E-state index in [1.54, 1.807) is 18.2 Å². The number of pyridine rings is 1. The van der Waals surface area contributed by atoms with Gasteiger partial charge in [0.2, 0.25) is 5.91 Å². The first-order chi connectivity index (χ1) is 29.7. The van der Waals surface area contributed by atoms with Gasteiger partial charge < -0.3 is 34.1 Å². The summed E-state index contributed by atoms with van der Waals surface area (Å²) in [6, 6.07) is 7.92. The summed E-state index contributed by atoms with van der Waals surface area (Å²) in [7, 11) is 3.72. The number of likely N-dealkylation sites (tertiary alicyclic amines) is 1. The van der Waals surface area contributed by atoms with Gasteiger partial charge in [0.25, 0.3) is 5.91 Å². The van der Waals surface area contributed by atoms with Crippen molar-refractivity contribution in [1.82, 2.24) is 45.0 Å². The Morgan fingerprint density at radius 1 is 1.11 bits per heavy atom. The summed E-state index contributed by atoms with van der Waals surface area (Å²) in [6.45, 7) is 16.0. The predicted octanol–water partition coefficient (Wildman–Crippen LogP) is 5.28. The molecule has 16 heteroatoms. The van der Waals surface area contributed by atoms with E-state index in [4.69, 9.17) is 19.4 Å². The number of urea groups is 1. The van der Waals surface area contributed by atoms with Crippen molar-refractivity contribution >= 4 is 46.1 Å². The first kappa shape index (κ1) is 43.7. The second-order valence-electron chi connectivity index (χ2n) is 18.5. The average Bonchev–Trinajstić information content (AvgIpc) is 3.95. The van der Waals surface area contributed by atoms with Gasteiger partial charge in [-0.15, -0.1) is 11.3 Å². The molecule has 3 saturated heterocycles. The van der Waals surface area contributed by atoms with E-state index in [-0.39, 0.29) is 48.9 Å². The Balaban J connectivity index is 1.18. The SMILES string of the molecule is CCn1c(-c2cccnc2[C@H](C)OC)c2c3cc(ccc31)-c1csc(n1)C[C@H](NC(=O)C(C(C)C)N1CCN(C3CN(C)C3)C1=O)C(=O)N1CCC[C@H](N1)C(=O)OCC(C)(C)C2. The molecule has 15 nitrogen and oxygen atoms in total. The van der Waals surface area contributed by atoms with Crippen molar-refractivity contribution in [2.75, 3.05) is 53.5 Å². The highest BCUT2D eigenvalue weighted by atomic mass is 32.1. The van der Waals surface area contributed by atoms with Crippen molar-refractivity contribution < 1.29 is 28.7 Å². The average molecular weight is 868 g/mol. The zero-order valence-corrected chi connectivity index (χ0v) is 38.1. The number of rotatable bonds is 9. The molecule has 3 fully saturated rings. The van der Waals surface area contributed by atoms with Gasteiger partial charge in [0.05, 0.1) is 40.8 Å². The number of aromatic nitrogens is 3. The number of nitrogens with one attached hydrogen (secondary N) is 2. The molecule has 4 aromatic rings. The van der Waals surface area contributed by atoms with Crippen LogP contribution in [0.5, 0.6) is 0 Å². The number of carbonyl (C=O) groups excluding carboxylic acids is 4. The lowest BCUT2D eigenvalue weighted by atomic mass is 9.84. The van der Waals surface area contributed by atoms with Gasteiger partial charge in [-0.2, -0.15) is 0 Å². The molecular weight excluding hydrogens is 807 g/mol. The minimum absolute atomic E-state index is 0.126. The number of amides is 4. The van der Waals surface area contributed by atoms with Gasteiger partial charge >= 0.3 is 12.0 Å². The van der Waals surface area contributed by atoms with Crippen LogP contribution in [0.2, 0.25) is 0 Å². The zero-order valence-electron chi connectivity index (χ0n) is 37.3. The van der Waals surface area contributed by atoms with Gasteiger partial charge in [-0.3, -0.25) is 24.4 Å². The van der Waals surface area contributed by atoms with Crippen LogP contribution in [0.1, 0.15) is 76.8 Å². The summed E-state index contributed by atoms with van der Waals surface area (Å²) < 4.78 is 14.3. The number of hydrazine groups is 1. The molecule has 4 amide bonds. The van der Waals surface area contributed by atoms with Gasteiger partial charge in [-0.1, -0.05) is 33.8 Å². The van der Waals surface area contributed by atoms with E-state index < -0.39 is 29.5 Å². The number of aryl methyl sites for hydroxylation is 1. The number of methoxy groups -OCH3 is 1. The molecule has 0 radical (unpaired) electrons. The number of likely N-dealkylation sites (N-methyl/N-ethyl adjacent to an activating group) is 1. The highest BCUT2D eigenvalue weighted by Crippen LogP contribution is 2.42. The number of ether oxygens (including phenoxy) is 2. The molecule has 2 N–H and O–H groups in total.